The van der Waals surface area contributed by atoms with E-state index < -0.39 is 53.0 Å². The van der Waals surface area contributed by atoms with Gasteiger partial charge in [-0.3, -0.25) is 14.3 Å². The van der Waals surface area contributed by atoms with Gasteiger partial charge in [0.2, 0.25) is 0 Å². The highest BCUT2D eigenvalue weighted by molar-refractivity contribution is 6.31. The van der Waals surface area contributed by atoms with Crippen LogP contribution in [0.1, 0.15) is 37.6 Å². The molecule has 3 atom stereocenters. The van der Waals surface area contributed by atoms with Gasteiger partial charge in [0, 0.05) is 29.9 Å². The molecule has 1 aromatic heterocycles. The normalized spacial score (nSPS) is 20.6. The Kier molecular flexibility index (Phi) is 9.40. The average molecular weight is 540 g/mol. The van der Waals surface area contributed by atoms with Crippen LogP contribution in [0.2, 0.25) is 5.02 Å². The molecule has 194 valence electrons. The number of halogens is 5. The molecule has 0 radical (unpaired) electrons. The Morgan fingerprint density at radius 2 is 2.06 bits per heavy atom. The van der Waals surface area contributed by atoms with E-state index in [1.807, 2.05) is 13.8 Å². The van der Waals surface area contributed by atoms with Gasteiger partial charge in [-0.1, -0.05) is 11.6 Å². The molecule has 0 saturated carbocycles. The lowest BCUT2D eigenvalue weighted by molar-refractivity contribution is -0.137. The lowest BCUT2D eigenvalue weighted by Crippen LogP contribution is -2.38. The molecule has 1 fully saturated rings. The summed E-state index contributed by atoms with van der Waals surface area (Å²) in [5.74, 6) is 0.156. The van der Waals surface area contributed by atoms with Gasteiger partial charge < -0.3 is 20.5 Å². The lowest BCUT2D eigenvalue weighted by Gasteiger charge is -2.19. The standard InChI is InChI=1S/C21H25ClF3N5O4.ClH/c1-10(2)26-19(27-12-4-5-14(22)13(6-12)21(23,24)25)28-15-7-17(34-16(15)9-31)30-8-11(3)18(32)29-20(30)33;/h4-6,8,10,15-17,31H,7,9H2,1-3H3,(H2,26,27,28)(H,29,32,33);1H/t15-,16+,17+;/m0./s1. The van der Waals surface area contributed by atoms with Crippen LogP contribution in [0.25, 0.3) is 0 Å². The van der Waals surface area contributed by atoms with E-state index in [9.17, 15) is 27.9 Å². The Bertz CT molecular complexity index is 1180. The number of aliphatic hydroxyl groups is 1. The van der Waals surface area contributed by atoms with E-state index in [-0.39, 0.29) is 36.5 Å². The number of aliphatic imine (C=N–C) groups is 1. The Balaban J connectivity index is 0.00000432. The Morgan fingerprint density at radius 3 is 2.66 bits per heavy atom. The van der Waals surface area contributed by atoms with Gasteiger partial charge >= 0.3 is 11.9 Å². The summed E-state index contributed by atoms with van der Waals surface area (Å²) in [4.78, 5) is 30.6. The third kappa shape index (κ3) is 7.00. The summed E-state index contributed by atoms with van der Waals surface area (Å²) >= 11 is 5.70. The molecule has 0 aliphatic carbocycles. The van der Waals surface area contributed by atoms with Crippen LogP contribution < -0.4 is 21.9 Å². The Hall–Kier alpha value is -2.54. The summed E-state index contributed by atoms with van der Waals surface area (Å²) in [7, 11) is 0. The van der Waals surface area contributed by atoms with Gasteiger partial charge in [-0.15, -0.1) is 12.4 Å². The van der Waals surface area contributed by atoms with Crippen LogP contribution in [0.4, 0.5) is 18.9 Å². The topological polar surface area (TPSA) is 121 Å². The number of aromatic nitrogens is 2. The van der Waals surface area contributed by atoms with Crippen LogP contribution in [0.3, 0.4) is 0 Å². The van der Waals surface area contributed by atoms with Crippen molar-refractivity contribution < 1.29 is 23.0 Å². The van der Waals surface area contributed by atoms with Crippen molar-refractivity contribution in [1.29, 1.82) is 0 Å². The number of hydrogen-bond donors (Lipinski definition) is 4. The molecule has 35 heavy (non-hydrogen) atoms. The first-order valence-corrected chi connectivity index (χ1v) is 10.8. The zero-order chi connectivity index (χ0) is 25.2. The van der Waals surface area contributed by atoms with Crippen LogP contribution in [0.5, 0.6) is 0 Å². The molecule has 14 heteroatoms. The number of benzene rings is 1. The summed E-state index contributed by atoms with van der Waals surface area (Å²) in [6.45, 7) is 4.77. The number of aryl methyl sites for hydroxylation is 1. The number of aromatic amines is 1. The number of guanidine groups is 1. The van der Waals surface area contributed by atoms with Crippen molar-refractivity contribution in [2.24, 2.45) is 4.99 Å². The predicted octanol–water partition coefficient (Wildman–Crippen LogP) is 3.05. The zero-order valence-corrected chi connectivity index (χ0v) is 20.6. The van der Waals surface area contributed by atoms with Crippen molar-refractivity contribution in [3.05, 3.63) is 61.4 Å². The van der Waals surface area contributed by atoms with Crippen molar-refractivity contribution >= 4 is 35.7 Å². The van der Waals surface area contributed by atoms with Crippen molar-refractivity contribution in [2.75, 3.05) is 11.9 Å². The largest absolute Gasteiger partial charge is 0.417 e. The van der Waals surface area contributed by atoms with Gasteiger partial charge in [-0.05, 0) is 39.0 Å². The fourth-order valence-corrected chi connectivity index (χ4v) is 3.71. The lowest BCUT2D eigenvalue weighted by atomic mass is 10.1. The van der Waals surface area contributed by atoms with Gasteiger partial charge in [0.05, 0.1) is 23.2 Å². The molecule has 1 aliphatic rings. The van der Waals surface area contributed by atoms with Crippen LogP contribution in [-0.2, 0) is 10.9 Å². The number of alkyl halides is 3. The third-order valence-corrected chi connectivity index (χ3v) is 5.42. The Labute approximate surface area is 209 Å². The molecule has 0 unspecified atom stereocenters. The molecular formula is C21H26Cl2F3N5O4. The zero-order valence-electron chi connectivity index (χ0n) is 19.0. The van der Waals surface area contributed by atoms with Gasteiger partial charge in [-0.25, -0.2) is 9.79 Å². The number of anilines is 1. The first-order chi connectivity index (χ1) is 15.9. The first-order valence-electron chi connectivity index (χ1n) is 10.5. The van der Waals surface area contributed by atoms with Crippen LogP contribution in [-0.4, -0.2) is 45.4 Å². The molecule has 0 bridgehead atoms. The molecule has 2 aromatic rings. The summed E-state index contributed by atoms with van der Waals surface area (Å²) < 4.78 is 46.7. The molecule has 1 saturated heterocycles. The first kappa shape index (κ1) is 28.7. The monoisotopic (exact) mass is 539 g/mol. The van der Waals surface area contributed by atoms with E-state index in [0.29, 0.717) is 5.56 Å². The molecule has 1 aromatic carbocycles. The second kappa shape index (κ2) is 11.5. The average Bonchev–Trinajstić information content (AvgIpc) is 3.13. The van der Waals surface area contributed by atoms with Crippen molar-refractivity contribution in [1.82, 2.24) is 14.9 Å². The van der Waals surface area contributed by atoms with Gasteiger partial charge in [0.1, 0.15) is 12.3 Å². The summed E-state index contributed by atoms with van der Waals surface area (Å²) in [5, 5.41) is 15.2. The van der Waals surface area contributed by atoms with E-state index in [1.54, 1.807) is 6.92 Å². The number of nitrogens with one attached hydrogen (secondary N) is 3. The van der Waals surface area contributed by atoms with Crippen molar-refractivity contribution in [2.45, 2.75) is 57.8 Å². The van der Waals surface area contributed by atoms with Gasteiger partial charge in [0.25, 0.3) is 5.56 Å². The number of rotatable bonds is 5. The summed E-state index contributed by atoms with van der Waals surface area (Å²) in [6.07, 6.45) is -4.68. The van der Waals surface area contributed by atoms with E-state index >= 15 is 0 Å². The number of nitrogens with zero attached hydrogens (tertiary/aromatic N) is 2. The molecule has 1 aliphatic heterocycles. The quantitative estimate of drug-likeness (QED) is 0.342. The SMILES string of the molecule is Cc1cn([C@H]2C[C@H](N=C(Nc3ccc(Cl)c(C(F)(F)F)c3)NC(C)C)[C@@H](CO)O2)c(=O)[nH]c1=O.Cl. The number of ether oxygens (including phenoxy) is 1. The highest BCUT2D eigenvalue weighted by atomic mass is 35.5. The van der Waals surface area contributed by atoms with E-state index in [2.05, 4.69) is 20.6 Å². The highest BCUT2D eigenvalue weighted by Crippen LogP contribution is 2.36. The fourth-order valence-electron chi connectivity index (χ4n) is 3.49. The fraction of sp³-hybridized carbons (Fsp3) is 0.476. The number of H-pyrrole nitrogens is 1. The summed E-state index contributed by atoms with van der Waals surface area (Å²) in [6, 6.07) is 2.62. The van der Waals surface area contributed by atoms with Crippen LogP contribution >= 0.6 is 24.0 Å². The molecule has 0 spiro atoms. The smallest absolute Gasteiger partial charge is 0.394 e. The van der Waals surface area contributed by atoms with Gasteiger partial charge in [0.15, 0.2) is 5.96 Å². The predicted molar refractivity (Wildman–Crippen MR) is 128 cm³/mol. The minimum Gasteiger partial charge on any atom is -0.394 e. The molecular weight excluding hydrogens is 514 g/mol. The molecule has 2 heterocycles. The second-order valence-corrected chi connectivity index (χ2v) is 8.59. The number of aliphatic hydroxyl groups excluding tert-OH is 1. The summed E-state index contributed by atoms with van der Waals surface area (Å²) in [5.41, 5.74) is -1.76. The Morgan fingerprint density at radius 1 is 1.37 bits per heavy atom. The molecule has 3 rings (SSSR count). The van der Waals surface area contributed by atoms with Crippen molar-refractivity contribution in [3.8, 4) is 0 Å². The second-order valence-electron chi connectivity index (χ2n) is 8.19. The minimum atomic E-state index is -4.63. The van der Waals surface area contributed by atoms with E-state index in [0.717, 1.165) is 12.1 Å². The highest BCUT2D eigenvalue weighted by Gasteiger charge is 2.37. The van der Waals surface area contributed by atoms with Crippen LogP contribution in [0.15, 0.2) is 39.0 Å². The minimum absolute atomic E-state index is 0. The maximum absolute atomic E-state index is 13.2. The van der Waals surface area contributed by atoms with Crippen molar-refractivity contribution in [3.63, 3.8) is 0 Å². The van der Waals surface area contributed by atoms with E-state index in [1.165, 1.54) is 16.8 Å². The third-order valence-electron chi connectivity index (χ3n) is 5.10. The maximum atomic E-state index is 13.2. The maximum Gasteiger partial charge on any atom is 0.417 e. The van der Waals surface area contributed by atoms with E-state index in [4.69, 9.17) is 16.3 Å². The van der Waals surface area contributed by atoms with Gasteiger partial charge in [-0.2, -0.15) is 13.2 Å². The van der Waals surface area contributed by atoms with Crippen LogP contribution in [0, 0.1) is 6.92 Å². The molecule has 4 N–H and O–H groups in total. The molecule has 0 amide bonds. The molecule has 9 nitrogen and oxygen atoms in total. The number of hydrogen-bond acceptors (Lipinski definition) is 5.